The van der Waals surface area contributed by atoms with Crippen LogP contribution in [0.3, 0.4) is 0 Å². The molecule has 0 spiro atoms. The van der Waals surface area contributed by atoms with Gasteiger partial charge in [-0.05, 0) is 31.7 Å². The maximum atomic E-state index is 13.4. The van der Waals surface area contributed by atoms with Crippen LogP contribution in [0.4, 0.5) is 57.2 Å². The Balaban J connectivity index is 0. The van der Waals surface area contributed by atoms with Gasteiger partial charge in [0.25, 0.3) is 0 Å². The van der Waals surface area contributed by atoms with E-state index in [4.69, 9.17) is 0 Å². The average molecular weight is 706 g/mol. The van der Waals surface area contributed by atoms with Crippen LogP contribution < -0.4 is 0 Å². The monoisotopic (exact) mass is 706 g/mol. The maximum Gasteiger partial charge on any atom is 0.452 e. The smallest absolute Gasteiger partial charge is 0.452 e. The second-order valence-corrected chi connectivity index (χ2v) is 8.86. The zero-order valence-corrected chi connectivity index (χ0v) is 24.0. The fraction of sp³-hybridized carbons (Fsp3) is 0.625. The van der Waals surface area contributed by atoms with Gasteiger partial charge in [0, 0.05) is 16.7 Å². The van der Waals surface area contributed by atoms with Gasteiger partial charge in [-0.25, -0.2) is 14.4 Å². The number of halogens is 13. The molecular formula is C24H27F13O9. The van der Waals surface area contributed by atoms with Crippen LogP contribution in [0.5, 0.6) is 0 Å². The zero-order valence-electron chi connectivity index (χ0n) is 24.0. The highest BCUT2D eigenvalue weighted by molar-refractivity contribution is 5.87. The lowest BCUT2D eigenvalue weighted by Gasteiger charge is -2.27. The van der Waals surface area contributed by atoms with Gasteiger partial charge in [-0.15, -0.1) is 4.94 Å². The molecule has 0 aliphatic carbocycles. The van der Waals surface area contributed by atoms with Crippen LogP contribution in [-0.2, 0) is 43.0 Å². The number of rotatable bonds is 19. The molecule has 9 nitrogen and oxygen atoms in total. The van der Waals surface area contributed by atoms with E-state index < -0.39 is 93.5 Å². The molecule has 0 aromatic rings. The minimum atomic E-state index is -5.34. The third-order valence-corrected chi connectivity index (χ3v) is 4.43. The molecule has 46 heavy (non-hydrogen) atoms. The van der Waals surface area contributed by atoms with Crippen molar-refractivity contribution in [3.05, 3.63) is 36.5 Å². The summed E-state index contributed by atoms with van der Waals surface area (Å²) < 4.78 is 186. The molecule has 0 amide bonds. The van der Waals surface area contributed by atoms with E-state index >= 15 is 0 Å². The van der Waals surface area contributed by atoms with Gasteiger partial charge in [0.1, 0.15) is 0 Å². The molecule has 0 rings (SSSR count). The normalized spacial score (nSPS) is 12.8. The lowest BCUT2D eigenvalue weighted by atomic mass is 10.3. The zero-order chi connectivity index (χ0) is 36.9. The van der Waals surface area contributed by atoms with E-state index in [1.165, 1.54) is 0 Å². The maximum absolute atomic E-state index is 13.4. The quantitative estimate of drug-likeness (QED) is 0.0501. The van der Waals surface area contributed by atoms with E-state index in [1.807, 2.05) is 0 Å². The van der Waals surface area contributed by atoms with Crippen molar-refractivity contribution < 1.29 is 100 Å². The Labute approximate surface area is 251 Å². The third kappa shape index (κ3) is 14.4. The van der Waals surface area contributed by atoms with E-state index in [9.17, 15) is 71.6 Å². The largest absolute Gasteiger partial charge is 0.456 e. The van der Waals surface area contributed by atoms with Crippen LogP contribution in [0.1, 0.15) is 27.2 Å². The van der Waals surface area contributed by atoms with E-state index in [-0.39, 0.29) is 16.7 Å². The predicted octanol–water partition coefficient (Wildman–Crippen LogP) is 6.34. The summed E-state index contributed by atoms with van der Waals surface area (Å²) in [4.78, 5) is 34.3. The molecule has 0 aromatic carbocycles. The van der Waals surface area contributed by atoms with Crippen molar-refractivity contribution in [2.75, 3.05) is 33.0 Å². The van der Waals surface area contributed by atoms with Crippen LogP contribution in [-0.4, -0.2) is 87.0 Å². The number of esters is 3. The minimum Gasteiger partial charge on any atom is -0.456 e. The van der Waals surface area contributed by atoms with Crippen molar-refractivity contribution in [3.63, 3.8) is 0 Å². The SMILES string of the molecule is C=C(C)C(=O)OCC(F)(F)C(F)(F)OCCCOC(F)(F)C(F)(F)COC(=O)C(=C)C.C=C(C)C(=O)OCC(F)(F)C(F)(F)OF. The number of carbonyl (C=O) groups is 3. The Morgan fingerprint density at radius 3 is 0.957 bits per heavy atom. The second-order valence-electron chi connectivity index (χ2n) is 8.86. The first-order valence-electron chi connectivity index (χ1n) is 11.8. The first kappa shape index (κ1) is 44.7. The molecule has 0 saturated carbocycles. The van der Waals surface area contributed by atoms with Crippen LogP contribution in [0.25, 0.3) is 0 Å². The summed E-state index contributed by atoms with van der Waals surface area (Å²) in [6, 6.07) is 0. The number of carbonyl (C=O) groups excluding carboxylic acids is 3. The lowest BCUT2D eigenvalue weighted by molar-refractivity contribution is -0.427. The van der Waals surface area contributed by atoms with Crippen molar-refractivity contribution >= 4 is 17.9 Å². The summed E-state index contributed by atoms with van der Waals surface area (Å²) >= 11 is 0. The first-order chi connectivity index (χ1) is 20.5. The van der Waals surface area contributed by atoms with Crippen LogP contribution in [0, 0.1) is 0 Å². The number of ether oxygens (including phenoxy) is 5. The van der Waals surface area contributed by atoms with Gasteiger partial charge in [0.15, 0.2) is 19.8 Å². The van der Waals surface area contributed by atoms with E-state index in [0.29, 0.717) is 0 Å². The molecule has 268 valence electrons. The molecule has 0 fully saturated rings. The molecule has 22 heteroatoms. The van der Waals surface area contributed by atoms with Gasteiger partial charge < -0.3 is 23.7 Å². The van der Waals surface area contributed by atoms with Gasteiger partial charge in [-0.3, -0.25) is 0 Å². The van der Waals surface area contributed by atoms with Crippen LogP contribution in [0.2, 0.25) is 0 Å². The van der Waals surface area contributed by atoms with Gasteiger partial charge in [-0.2, -0.15) is 52.7 Å². The fourth-order valence-corrected chi connectivity index (χ4v) is 1.82. The molecule has 0 radical (unpaired) electrons. The highest BCUT2D eigenvalue weighted by Crippen LogP contribution is 2.38. The Morgan fingerprint density at radius 1 is 0.500 bits per heavy atom. The topological polar surface area (TPSA) is 107 Å². The lowest BCUT2D eigenvalue weighted by Crippen LogP contribution is -2.48. The Kier molecular flexibility index (Phi) is 17.0. The summed E-state index contributed by atoms with van der Waals surface area (Å²) in [6.07, 6.45) is -16.6. The fourth-order valence-electron chi connectivity index (χ4n) is 1.82. The van der Waals surface area contributed by atoms with Gasteiger partial charge in [-0.1, -0.05) is 19.7 Å². The summed E-state index contributed by atoms with van der Waals surface area (Å²) in [5.41, 5.74) is -0.913. The molecule has 0 bridgehead atoms. The minimum absolute atomic E-state index is 0.254. The average Bonchev–Trinajstić information content (AvgIpc) is 2.92. The Morgan fingerprint density at radius 2 is 0.739 bits per heavy atom. The standard InChI is InChI=1S/C17H20F8O6.C7H7F5O3/c1-10(2)12(26)28-8-14(18,19)16(22,23)30-6-5-7-31-17(24,25)15(20,21)9-29-13(27)11(3)4;1-4(2)5(13)14-3-6(8,9)7(10,11)15-12/h1,3,5-9H2,2,4H3;1,3H2,2H3. The Bertz CT molecular complexity index is 1040. The van der Waals surface area contributed by atoms with E-state index in [0.717, 1.165) is 20.8 Å². The predicted molar refractivity (Wildman–Crippen MR) is 126 cm³/mol. The molecular weight excluding hydrogens is 679 g/mol. The molecule has 0 atom stereocenters. The molecule has 0 N–H and O–H groups in total. The summed E-state index contributed by atoms with van der Waals surface area (Å²) in [5, 5.41) is 0. The van der Waals surface area contributed by atoms with E-state index in [2.05, 4.69) is 43.4 Å². The molecule has 0 aliphatic rings. The molecule has 0 aromatic heterocycles. The highest BCUT2D eigenvalue weighted by Gasteiger charge is 2.61. The molecule has 0 unspecified atom stereocenters. The summed E-state index contributed by atoms with van der Waals surface area (Å²) in [7, 11) is 0. The van der Waals surface area contributed by atoms with Crippen molar-refractivity contribution in [2.24, 2.45) is 0 Å². The molecule has 0 saturated heterocycles. The molecule has 0 aliphatic heterocycles. The van der Waals surface area contributed by atoms with Crippen molar-refractivity contribution in [2.45, 2.75) is 63.3 Å². The number of hydrogen-bond donors (Lipinski definition) is 0. The number of hydrogen-bond acceptors (Lipinski definition) is 9. The second kappa shape index (κ2) is 17.5. The van der Waals surface area contributed by atoms with Crippen molar-refractivity contribution in [1.29, 1.82) is 0 Å². The molecule has 0 heterocycles. The van der Waals surface area contributed by atoms with Gasteiger partial charge >= 0.3 is 54.0 Å². The van der Waals surface area contributed by atoms with Crippen molar-refractivity contribution in [3.8, 4) is 0 Å². The Hall–Kier alpha value is -3.40. The number of alkyl halides is 12. The van der Waals surface area contributed by atoms with Crippen LogP contribution in [0.15, 0.2) is 36.5 Å². The third-order valence-electron chi connectivity index (χ3n) is 4.43. The van der Waals surface area contributed by atoms with E-state index in [1.54, 1.807) is 4.94 Å². The van der Waals surface area contributed by atoms with Crippen molar-refractivity contribution in [1.82, 2.24) is 0 Å². The highest BCUT2D eigenvalue weighted by atomic mass is 19.4. The van der Waals surface area contributed by atoms with Crippen LogP contribution >= 0.6 is 0 Å². The summed E-state index contributed by atoms with van der Waals surface area (Å²) in [6.45, 7) is 3.71. The van der Waals surface area contributed by atoms with Gasteiger partial charge in [0.2, 0.25) is 0 Å². The first-order valence-corrected chi connectivity index (χ1v) is 11.8. The summed E-state index contributed by atoms with van der Waals surface area (Å²) in [5.74, 6) is -18.9. The van der Waals surface area contributed by atoms with Gasteiger partial charge in [0.05, 0.1) is 13.2 Å².